The molecule has 9 heteroatoms. The second-order valence-electron chi connectivity index (χ2n) is 13.1. The van der Waals surface area contributed by atoms with E-state index < -0.39 is 41.5 Å². The molecular weight excluding hydrogens is 514 g/mol. The van der Waals surface area contributed by atoms with E-state index in [4.69, 9.17) is 14.2 Å². The average molecular weight is 568 g/mol. The van der Waals surface area contributed by atoms with Crippen molar-refractivity contribution in [3.8, 4) is 0 Å². The van der Waals surface area contributed by atoms with E-state index in [0.29, 0.717) is 38.0 Å². The maximum Gasteiger partial charge on any atom is 0.329 e. The summed E-state index contributed by atoms with van der Waals surface area (Å²) >= 11 is 0. The van der Waals surface area contributed by atoms with Crippen LogP contribution in [0.2, 0.25) is 0 Å². The summed E-state index contributed by atoms with van der Waals surface area (Å²) in [6, 6.07) is -0.864. The molecule has 3 aliphatic rings. The highest BCUT2D eigenvalue weighted by Gasteiger charge is 2.54. The Hall–Kier alpha value is -1.55. The third-order valence-electron chi connectivity index (χ3n) is 9.66. The van der Waals surface area contributed by atoms with E-state index in [-0.39, 0.29) is 42.6 Å². The topological polar surface area (TPSA) is 123 Å². The van der Waals surface area contributed by atoms with Crippen molar-refractivity contribution in [1.29, 1.82) is 0 Å². The van der Waals surface area contributed by atoms with E-state index in [1.807, 2.05) is 27.7 Å². The van der Waals surface area contributed by atoms with Crippen LogP contribution in [-0.4, -0.2) is 82.7 Å². The lowest BCUT2D eigenvalue weighted by Gasteiger charge is -2.46. The van der Waals surface area contributed by atoms with Crippen molar-refractivity contribution in [2.45, 2.75) is 136 Å². The Morgan fingerprint density at radius 3 is 2.40 bits per heavy atom. The number of nitrogens with zero attached hydrogens (tertiary/aromatic N) is 1. The summed E-state index contributed by atoms with van der Waals surface area (Å²) in [5.41, 5.74) is 0. The molecular formula is C31H53NO8. The van der Waals surface area contributed by atoms with Gasteiger partial charge >= 0.3 is 5.97 Å². The van der Waals surface area contributed by atoms with Gasteiger partial charge < -0.3 is 29.3 Å². The summed E-state index contributed by atoms with van der Waals surface area (Å²) in [5.74, 6) is -4.45. The molecule has 0 aromatic rings. The van der Waals surface area contributed by atoms with E-state index in [9.17, 15) is 24.6 Å². The van der Waals surface area contributed by atoms with Crippen molar-refractivity contribution in [1.82, 2.24) is 4.90 Å². The van der Waals surface area contributed by atoms with Gasteiger partial charge in [0.1, 0.15) is 12.1 Å². The maximum absolute atomic E-state index is 13.6. The molecule has 1 aliphatic carbocycles. The third kappa shape index (κ3) is 7.26. The van der Waals surface area contributed by atoms with Crippen LogP contribution in [0.3, 0.4) is 0 Å². The number of hydrogen-bond acceptors (Lipinski definition) is 8. The van der Waals surface area contributed by atoms with Crippen LogP contribution in [0, 0.1) is 29.6 Å². The lowest BCUT2D eigenvalue weighted by atomic mass is 9.78. The predicted molar refractivity (Wildman–Crippen MR) is 150 cm³/mol. The second kappa shape index (κ2) is 14.1. The molecule has 0 radical (unpaired) electrons. The van der Waals surface area contributed by atoms with Gasteiger partial charge in [0.15, 0.2) is 0 Å². The SMILES string of the molecule is CCC(OC(=O)C1CCCCN1C(=O)C(=O)C1(O)OC(C(C)C)C(C)CC1C)C(C)CC1CCC(O)C(OC)C1. The van der Waals surface area contributed by atoms with Crippen molar-refractivity contribution in [3.05, 3.63) is 0 Å². The number of likely N-dealkylation sites (tertiary alicyclic amines) is 1. The predicted octanol–water partition coefficient (Wildman–Crippen LogP) is 3.87. The molecule has 0 bridgehead atoms. The monoisotopic (exact) mass is 567 g/mol. The van der Waals surface area contributed by atoms with Gasteiger partial charge in [-0.05, 0) is 81.5 Å². The summed E-state index contributed by atoms with van der Waals surface area (Å²) < 4.78 is 17.4. The molecule has 2 aliphatic heterocycles. The van der Waals surface area contributed by atoms with Crippen LogP contribution >= 0.6 is 0 Å². The van der Waals surface area contributed by atoms with Gasteiger partial charge in [-0.25, -0.2) is 4.79 Å². The van der Waals surface area contributed by atoms with E-state index in [1.54, 1.807) is 14.0 Å². The van der Waals surface area contributed by atoms with Crippen LogP contribution < -0.4 is 0 Å². The summed E-state index contributed by atoms with van der Waals surface area (Å²) in [7, 11) is 1.63. The quantitative estimate of drug-likeness (QED) is 0.301. The van der Waals surface area contributed by atoms with Crippen molar-refractivity contribution in [2.75, 3.05) is 13.7 Å². The fourth-order valence-electron chi connectivity index (χ4n) is 7.24. The van der Waals surface area contributed by atoms with Gasteiger partial charge in [-0.2, -0.15) is 0 Å². The van der Waals surface area contributed by atoms with Gasteiger partial charge in [0.05, 0.1) is 18.3 Å². The smallest absolute Gasteiger partial charge is 0.329 e. The van der Waals surface area contributed by atoms with Crippen LogP contribution in [0.15, 0.2) is 0 Å². The maximum atomic E-state index is 13.6. The number of piperidine rings is 1. The Morgan fingerprint density at radius 2 is 1.77 bits per heavy atom. The zero-order chi connectivity index (χ0) is 29.8. The van der Waals surface area contributed by atoms with Crippen molar-refractivity contribution < 1.29 is 38.8 Å². The molecule has 0 aromatic heterocycles. The Labute approximate surface area is 240 Å². The van der Waals surface area contributed by atoms with Crippen LogP contribution in [0.5, 0.6) is 0 Å². The molecule has 3 rings (SSSR count). The first-order valence-electron chi connectivity index (χ1n) is 15.5. The van der Waals surface area contributed by atoms with Crippen molar-refractivity contribution in [3.63, 3.8) is 0 Å². The van der Waals surface area contributed by atoms with Gasteiger partial charge in [0.25, 0.3) is 11.7 Å². The number of rotatable bonds is 10. The zero-order valence-electron chi connectivity index (χ0n) is 25.6. The molecule has 9 nitrogen and oxygen atoms in total. The van der Waals surface area contributed by atoms with Gasteiger partial charge in [0.2, 0.25) is 5.79 Å². The molecule has 40 heavy (non-hydrogen) atoms. The van der Waals surface area contributed by atoms with Crippen molar-refractivity contribution in [2.24, 2.45) is 29.6 Å². The number of ether oxygens (including phenoxy) is 3. The number of ketones is 1. The molecule has 0 aromatic carbocycles. The number of aliphatic hydroxyl groups is 2. The molecule has 230 valence electrons. The highest BCUT2D eigenvalue weighted by Crippen LogP contribution is 2.40. The summed E-state index contributed by atoms with van der Waals surface area (Å²) in [6.07, 6.45) is 4.98. The van der Waals surface area contributed by atoms with Gasteiger partial charge in [-0.15, -0.1) is 0 Å². The highest BCUT2D eigenvalue weighted by molar-refractivity contribution is 6.39. The largest absolute Gasteiger partial charge is 0.461 e. The average Bonchev–Trinajstić information content (AvgIpc) is 2.93. The van der Waals surface area contributed by atoms with Crippen molar-refractivity contribution >= 4 is 17.7 Å². The van der Waals surface area contributed by atoms with Crippen LogP contribution in [0.4, 0.5) is 0 Å². The molecule has 10 atom stereocenters. The van der Waals surface area contributed by atoms with Gasteiger partial charge in [-0.3, -0.25) is 9.59 Å². The number of Topliss-reactive ketones (excluding diaryl/α,β-unsaturated/α-hetero) is 1. The molecule has 3 fully saturated rings. The minimum atomic E-state index is -2.21. The van der Waals surface area contributed by atoms with E-state index >= 15 is 0 Å². The van der Waals surface area contributed by atoms with Gasteiger partial charge in [0, 0.05) is 19.6 Å². The molecule has 2 heterocycles. The van der Waals surface area contributed by atoms with E-state index in [2.05, 4.69) is 6.92 Å². The molecule has 0 spiro atoms. The van der Waals surface area contributed by atoms with E-state index in [0.717, 1.165) is 25.7 Å². The lowest BCUT2D eigenvalue weighted by Crippen LogP contribution is -2.62. The fourth-order valence-corrected chi connectivity index (χ4v) is 7.24. The first-order chi connectivity index (χ1) is 18.8. The Kier molecular flexibility index (Phi) is 11.6. The Morgan fingerprint density at radius 1 is 1.07 bits per heavy atom. The van der Waals surface area contributed by atoms with Gasteiger partial charge in [-0.1, -0.05) is 41.5 Å². The third-order valence-corrected chi connectivity index (χ3v) is 9.66. The number of aliphatic hydroxyl groups excluding tert-OH is 1. The second-order valence-corrected chi connectivity index (χ2v) is 13.1. The number of methoxy groups -OCH3 is 1. The minimum absolute atomic E-state index is 0.0710. The normalized spacial score (nSPS) is 36.6. The Bertz CT molecular complexity index is 879. The summed E-state index contributed by atoms with van der Waals surface area (Å²) in [4.78, 5) is 41.8. The number of carbonyl (C=O) groups excluding carboxylic acids is 3. The molecule has 10 unspecified atom stereocenters. The van der Waals surface area contributed by atoms with E-state index in [1.165, 1.54) is 4.90 Å². The number of hydrogen-bond donors (Lipinski definition) is 2. The number of amides is 1. The highest BCUT2D eigenvalue weighted by atomic mass is 16.6. The molecule has 2 saturated heterocycles. The summed E-state index contributed by atoms with van der Waals surface area (Å²) in [6.45, 7) is 12.0. The Balaban J connectivity index is 1.67. The lowest BCUT2D eigenvalue weighted by molar-refractivity contribution is -0.280. The first kappa shape index (κ1) is 33.0. The van der Waals surface area contributed by atoms with Crippen LogP contribution in [-0.2, 0) is 28.6 Å². The summed E-state index contributed by atoms with van der Waals surface area (Å²) in [5, 5.41) is 21.5. The molecule has 1 saturated carbocycles. The first-order valence-corrected chi connectivity index (χ1v) is 15.5. The zero-order valence-corrected chi connectivity index (χ0v) is 25.6. The fraction of sp³-hybridized carbons (Fsp3) is 0.903. The molecule has 1 amide bonds. The van der Waals surface area contributed by atoms with Crippen LogP contribution in [0.25, 0.3) is 0 Å². The number of carbonyl (C=O) groups is 3. The van der Waals surface area contributed by atoms with Crippen LogP contribution in [0.1, 0.15) is 99.3 Å². The number of esters is 1. The standard InChI is InChI=1S/C31H53NO8/c1-8-25(19(4)16-22-12-13-24(33)26(17-22)38-7)39-30(36)23-11-9-10-14-32(23)29(35)28(34)31(37)21(6)15-20(5)27(40-31)18(2)3/h18-27,33,37H,8-17H2,1-7H3. The molecule has 2 N–H and O–H groups in total. The minimum Gasteiger partial charge on any atom is -0.461 e.